The molecule has 6 nitrogen and oxygen atoms in total. The van der Waals surface area contributed by atoms with Gasteiger partial charge in [-0.1, -0.05) is 6.07 Å². The van der Waals surface area contributed by atoms with E-state index >= 15 is 0 Å². The molecule has 1 aliphatic heterocycles. The van der Waals surface area contributed by atoms with Crippen LogP contribution in [0.5, 0.6) is 11.5 Å². The first-order valence-corrected chi connectivity index (χ1v) is 7.11. The number of fused-ring (bicyclic) bond motifs is 1. The van der Waals surface area contributed by atoms with Crippen molar-refractivity contribution in [3.63, 3.8) is 0 Å². The smallest absolute Gasteiger partial charge is 0.231 e. The molecule has 6 heteroatoms. The van der Waals surface area contributed by atoms with Gasteiger partial charge in [-0.2, -0.15) is 0 Å². The van der Waals surface area contributed by atoms with Crippen molar-refractivity contribution in [1.82, 2.24) is 4.90 Å². The van der Waals surface area contributed by atoms with Crippen LogP contribution in [-0.2, 0) is 9.47 Å². The number of benzene rings is 1. The third kappa shape index (κ3) is 4.07. The van der Waals surface area contributed by atoms with Gasteiger partial charge in [0, 0.05) is 39.9 Å². The molecule has 0 radical (unpaired) electrons. The Morgan fingerprint density at radius 1 is 1.14 bits per heavy atom. The largest absolute Gasteiger partial charge is 0.454 e. The van der Waals surface area contributed by atoms with Crippen LogP contribution in [0.3, 0.4) is 0 Å². The zero-order valence-electron chi connectivity index (χ0n) is 12.7. The predicted molar refractivity (Wildman–Crippen MR) is 79.7 cm³/mol. The van der Waals surface area contributed by atoms with Gasteiger partial charge in [0.2, 0.25) is 6.79 Å². The second-order valence-corrected chi connectivity index (χ2v) is 4.89. The quantitative estimate of drug-likeness (QED) is 0.733. The molecule has 2 rings (SSSR count). The maximum atomic E-state index is 6.00. The molecule has 0 aromatic heterocycles. The molecule has 0 aliphatic carbocycles. The lowest BCUT2D eigenvalue weighted by Gasteiger charge is -2.31. The molecule has 0 fully saturated rings. The van der Waals surface area contributed by atoms with Crippen molar-refractivity contribution in [2.75, 3.05) is 53.9 Å². The van der Waals surface area contributed by atoms with Gasteiger partial charge in [0.15, 0.2) is 11.5 Å². The van der Waals surface area contributed by atoms with Crippen LogP contribution >= 0.6 is 0 Å². The summed E-state index contributed by atoms with van der Waals surface area (Å²) in [5.74, 6) is 1.57. The fourth-order valence-corrected chi connectivity index (χ4v) is 2.46. The van der Waals surface area contributed by atoms with E-state index in [1.807, 2.05) is 18.2 Å². The Balaban J connectivity index is 2.14. The molecule has 0 bridgehead atoms. The first-order valence-electron chi connectivity index (χ1n) is 7.11. The van der Waals surface area contributed by atoms with Crippen LogP contribution in [0.4, 0.5) is 0 Å². The lowest BCUT2D eigenvalue weighted by Crippen LogP contribution is -2.38. The zero-order chi connectivity index (χ0) is 15.1. The molecule has 1 heterocycles. The molecule has 1 aromatic carbocycles. The molecule has 118 valence electrons. The molecular weight excluding hydrogens is 272 g/mol. The van der Waals surface area contributed by atoms with Crippen LogP contribution < -0.4 is 15.2 Å². The van der Waals surface area contributed by atoms with Gasteiger partial charge in [-0.15, -0.1) is 0 Å². The highest BCUT2D eigenvalue weighted by Crippen LogP contribution is 2.35. The van der Waals surface area contributed by atoms with Crippen LogP contribution in [0.1, 0.15) is 11.6 Å². The Kier molecular flexibility index (Phi) is 6.25. The van der Waals surface area contributed by atoms with E-state index in [0.29, 0.717) is 19.8 Å². The summed E-state index contributed by atoms with van der Waals surface area (Å²) in [6.07, 6.45) is 0. The first kappa shape index (κ1) is 16.0. The van der Waals surface area contributed by atoms with Gasteiger partial charge in [0.05, 0.1) is 13.2 Å². The fourth-order valence-electron chi connectivity index (χ4n) is 2.46. The minimum Gasteiger partial charge on any atom is -0.454 e. The zero-order valence-corrected chi connectivity index (χ0v) is 12.7. The van der Waals surface area contributed by atoms with Crippen molar-refractivity contribution in [1.29, 1.82) is 0 Å². The van der Waals surface area contributed by atoms with E-state index in [2.05, 4.69) is 4.90 Å². The van der Waals surface area contributed by atoms with Gasteiger partial charge in [-0.3, -0.25) is 4.90 Å². The average molecular weight is 296 g/mol. The summed E-state index contributed by atoms with van der Waals surface area (Å²) in [6, 6.07) is 6.08. The van der Waals surface area contributed by atoms with Crippen molar-refractivity contribution in [2.24, 2.45) is 5.73 Å². The summed E-state index contributed by atoms with van der Waals surface area (Å²) in [5, 5.41) is 0. The van der Waals surface area contributed by atoms with Crippen LogP contribution in [0.15, 0.2) is 18.2 Å². The fraction of sp³-hybridized carbons (Fsp3) is 0.600. The minimum atomic E-state index is 0.102. The standard InChI is InChI=1S/C15H24N2O4/c1-18-7-5-17(6-8-19-2)13(10-16)12-3-4-14-15(9-12)21-11-20-14/h3-4,9,13H,5-8,10-11,16H2,1-2H3. The molecule has 0 saturated heterocycles. The maximum Gasteiger partial charge on any atom is 0.231 e. The van der Waals surface area contributed by atoms with E-state index in [-0.39, 0.29) is 12.8 Å². The second-order valence-electron chi connectivity index (χ2n) is 4.89. The summed E-state index contributed by atoms with van der Waals surface area (Å²) in [7, 11) is 3.40. The van der Waals surface area contributed by atoms with E-state index in [1.165, 1.54) is 0 Å². The number of methoxy groups -OCH3 is 2. The van der Waals surface area contributed by atoms with Gasteiger partial charge in [0.1, 0.15) is 0 Å². The summed E-state index contributed by atoms with van der Waals surface area (Å²) >= 11 is 0. The molecule has 2 N–H and O–H groups in total. The molecule has 21 heavy (non-hydrogen) atoms. The monoisotopic (exact) mass is 296 g/mol. The van der Waals surface area contributed by atoms with Crippen molar-refractivity contribution >= 4 is 0 Å². The Hall–Kier alpha value is -1.34. The molecule has 0 saturated carbocycles. The van der Waals surface area contributed by atoms with Crippen molar-refractivity contribution < 1.29 is 18.9 Å². The molecule has 1 aliphatic rings. The van der Waals surface area contributed by atoms with Crippen LogP contribution in [-0.4, -0.2) is 58.8 Å². The highest BCUT2D eigenvalue weighted by Gasteiger charge is 2.22. The third-order valence-corrected chi connectivity index (χ3v) is 3.61. The van der Waals surface area contributed by atoms with Gasteiger partial charge in [-0.25, -0.2) is 0 Å². The Labute approximate surface area is 125 Å². The Morgan fingerprint density at radius 2 is 1.81 bits per heavy atom. The second kappa shape index (κ2) is 8.19. The van der Waals surface area contributed by atoms with E-state index < -0.39 is 0 Å². The van der Waals surface area contributed by atoms with Gasteiger partial charge >= 0.3 is 0 Å². The SMILES string of the molecule is COCCN(CCOC)C(CN)c1ccc2c(c1)OCO2. The Bertz CT molecular complexity index is 434. The number of hydrogen-bond acceptors (Lipinski definition) is 6. The van der Waals surface area contributed by atoms with E-state index in [1.54, 1.807) is 14.2 Å². The number of hydrogen-bond donors (Lipinski definition) is 1. The summed E-state index contributed by atoms with van der Waals surface area (Å²) < 4.78 is 21.2. The first-order chi connectivity index (χ1) is 10.3. The van der Waals surface area contributed by atoms with Crippen LogP contribution in [0.25, 0.3) is 0 Å². The highest BCUT2D eigenvalue weighted by molar-refractivity contribution is 5.45. The minimum absolute atomic E-state index is 0.102. The number of nitrogens with zero attached hydrogens (tertiary/aromatic N) is 1. The number of rotatable bonds is 9. The van der Waals surface area contributed by atoms with Crippen LogP contribution in [0.2, 0.25) is 0 Å². The topological polar surface area (TPSA) is 66.2 Å². The van der Waals surface area contributed by atoms with Gasteiger partial charge < -0.3 is 24.7 Å². The molecule has 0 amide bonds. The van der Waals surface area contributed by atoms with Crippen molar-refractivity contribution in [3.05, 3.63) is 23.8 Å². The Morgan fingerprint density at radius 3 is 2.43 bits per heavy atom. The lowest BCUT2D eigenvalue weighted by atomic mass is 10.0. The molecule has 0 spiro atoms. The predicted octanol–water partition coefficient (Wildman–Crippen LogP) is 1.01. The molecule has 1 unspecified atom stereocenters. The van der Waals surface area contributed by atoms with Gasteiger partial charge in [-0.05, 0) is 17.7 Å². The van der Waals surface area contributed by atoms with Crippen LogP contribution in [0, 0.1) is 0 Å². The van der Waals surface area contributed by atoms with E-state index in [0.717, 1.165) is 30.2 Å². The van der Waals surface area contributed by atoms with Crippen molar-refractivity contribution in [2.45, 2.75) is 6.04 Å². The summed E-state index contributed by atoms with van der Waals surface area (Å²) in [4.78, 5) is 2.27. The number of ether oxygens (including phenoxy) is 4. The van der Waals surface area contributed by atoms with E-state index in [4.69, 9.17) is 24.7 Å². The maximum absolute atomic E-state index is 6.00. The summed E-state index contributed by atoms with van der Waals surface area (Å²) in [6.45, 7) is 3.72. The highest BCUT2D eigenvalue weighted by atomic mass is 16.7. The average Bonchev–Trinajstić information content (AvgIpc) is 2.97. The van der Waals surface area contributed by atoms with Gasteiger partial charge in [0.25, 0.3) is 0 Å². The lowest BCUT2D eigenvalue weighted by molar-refractivity contribution is 0.0890. The molecule has 1 atom stereocenters. The molecule has 1 aromatic rings. The normalized spacial score (nSPS) is 14.7. The summed E-state index contributed by atoms with van der Waals surface area (Å²) in [5.41, 5.74) is 7.12. The number of nitrogens with two attached hydrogens (primary N) is 1. The third-order valence-electron chi connectivity index (χ3n) is 3.61. The van der Waals surface area contributed by atoms with E-state index in [9.17, 15) is 0 Å². The molecular formula is C15H24N2O4. The van der Waals surface area contributed by atoms with Crippen molar-refractivity contribution in [3.8, 4) is 11.5 Å².